The predicted octanol–water partition coefficient (Wildman–Crippen LogP) is 3.90. The number of piperidine rings is 1. The van der Waals surface area contributed by atoms with Crippen molar-refractivity contribution in [2.75, 3.05) is 19.6 Å². The molecule has 1 N–H and O–H groups in total. The number of thiazole rings is 1. The van der Waals surface area contributed by atoms with Crippen LogP contribution < -0.4 is 5.32 Å². The quantitative estimate of drug-likeness (QED) is 0.854. The molecule has 0 unspecified atom stereocenters. The van der Waals surface area contributed by atoms with E-state index in [9.17, 15) is 18.0 Å². The van der Waals surface area contributed by atoms with E-state index in [4.69, 9.17) is 4.74 Å². The van der Waals surface area contributed by atoms with E-state index in [1.807, 2.05) is 5.38 Å². The Kier molecular flexibility index (Phi) is 4.59. The summed E-state index contributed by atoms with van der Waals surface area (Å²) in [5.41, 5.74) is 0.413. The van der Waals surface area contributed by atoms with Gasteiger partial charge >= 0.3 is 12.3 Å². The second-order valence-corrected chi connectivity index (χ2v) is 7.82. The molecule has 144 valence electrons. The Hall–Kier alpha value is -2.13. The summed E-state index contributed by atoms with van der Waals surface area (Å²) in [6.07, 6.45) is -2.92. The molecule has 2 aliphatic heterocycles. The highest BCUT2D eigenvalue weighted by atomic mass is 32.1. The molecule has 2 aliphatic rings. The van der Waals surface area contributed by atoms with E-state index in [0.717, 1.165) is 37.2 Å². The van der Waals surface area contributed by atoms with Crippen LogP contribution in [0.25, 0.3) is 10.6 Å². The van der Waals surface area contributed by atoms with Crippen LogP contribution in [0.4, 0.5) is 18.0 Å². The Morgan fingerprint density at radius 3 is 2.74 bits per heavy atom. The van der Waals surface area contributed by atoms with E-state index in [-0.39, 0.29) is 6.09 Å². The van der Waals surface area contributed by atoms with Gasteiger partial charge in [-0.15, -0.1) is 11.3 Å². The van der Waals surface area contributed by atoms with Gasteiger partial charge in [-0.25, -0.2) is 9.78 Å². The van der Waals surface area contributed by atoms with Crippen LogP contribution in [0.3, 0.4) is 0 Å². The van der Waals surface area contributed by atoms with Crippen LogP contribution in [-0.4, -0.2) is 41.2 Å². The van der Waals surface area contributed by atoms with E-state index in [0.29, 0.717) is 30.2 Å². The van der Waals surface area contributed by atoms with Crippen molar-refractivity contribution >= 4 is 17.4 Å². The van der Waals surface area contributed by atoms with Crippen LogP contribution >= 0.6 is 11.3 Å². The van der Waals surface area contributed by atoms with Gasteiger partial charge in [-0.1, -0.05) is 12.1 Å². The topological polar surface area (TPSA) is 54.5 Å². The molecular weight excluding hydrogens is 379 g/mol. The molecule has 5 nitrogen and oxygen atoms in total. The summed E-state index contributed by atoms with van der Waals surface area (Å²) in [6, 6.07) is 5.05. The van der Waals surface area contributed by atoms with Gasteiger partial charge in [-0.05, 0) is 31.5 Å². The first-order valence-electron chi connectivity index (χ1n) is 8.64. The second-order valence-electron chi connectivity index (χ2n) is 6.96. The number of carbonyl (C=O) groups excluding carboxylic acids is 1. The number of amides is 1. The van der Waals surface area contributed by atoms with Crippen molar-refractivity contribution in [1.82, 2.24) is 15.2 Å². The van der Waals surface area contributed by atoms with Gasteiger partial charge in [0.2, 0.25) is 0 Å². The van der Waals surface area contributed by atoms with Gasteiger partial charge < -0.3 is 10.1 Å². The molecule has 1 spiro atoms. The smallest absolute Gasteiger partial charge is 0.416 e. The number of benzene rings is 1. The van der Waals surface area contributed by atoms with Crippen LogP contribution in [0.2, 0.25) is 0 Å². The first-order chi connectivity index (χ1) is 12.8. The zero-order chi connectivity index (χ0) is 19.1. The van der Waals surface area contributed by atoms with Crippen molar-refractivity contribution < 1.29 is 22.7 Å². The molecule has 2 aromatic rings. The van der Waals surface area contributed by atoms with Crippen LogP contribution in [-0.2, 0) is 17.5 Å². The molecule has 2 fully saturated rings. The van der Waals surface area contributed by atoms with Crippen LogP contribution in [0, 0.1) is 0 Å². The molecule has 9 heteroatoms. The fourth-order valence-corrected chi connectivity index (χ4v) is 4.42. The Bertz CT molecular complexity index is 837. The maximum Gasteiger partial charge on any atom is 0.416 e. The van der Waals surface area contributed by atoms with Crippen molar-refractivity contribution in [3.8, 4) is 10.6 Å². The number of likely N-dealkylation sites (tertiary alicyclic amines) is 1. The number of halogens is 3. The van der Waals surface area contributed by atoms with E-state index >= 15 is 0 Å². The summed E-state index contributed by atoms with van der Waals surface area (Å²) >= 11 is 1.41. The lowest BCUT2D eigenvalue weighted by Gasteiger charge is -2.37. The van der Waals surface area contributed by atoms with Gasteiger partial charge in [-0.3, -0.25) is 4.90 Å². The molecular formula is C18H18F3N3O2S. The number of nitrogens with one attached hydrogen (secondary N) is 1. The minimum Gasteiger partial charge on any atom is -0.440 e. The highest BCUT2D eigenvalue weighted by Gasteiger charge is 2.43. The van der Waals surface area contributed by atoms with E-state index < -0.39 is 17.3 Å². The summed E-state index contributed by atoms with van der Waals surface area (Å²) < 4.78 is 43.5. The second kappa shape index (κ2) is 6.79. The zero-order valence-corrected chi connectivity index (χ0v) is 15.2. The van der Waals surface area contributed by atoms with E-state index in [1.54, 1.807) is 0 Å². The lowest BCUT2D eigenvalue weighted by molar-refractivity contribution is -0.137. The number of alkyl carbamates (subject to hydrolysis) is 1. The Labute approximate surface area is 158 Å². The summed E-state index contributed by atoms with van der Waals surface area (Å²) in [7, 11) is 0. The lowest BCUT2D eigenvalue weighted by Crippen LogP contribution is -2.50. The fraction of sp³-hybridized carbons (Fsp3) is 0.444. The maximum atomic E-state index is 12.7. The van der Waals surface area contributed by atoms with Crippen molar-refractivity contribution in [3.63, 3.8) is 0 Å². The van der Waals surface area contributed by atoms with Gasteiger partial charge in [0.05, 0.1) is 17.8 Å². The minimum atomic E-state index is -4.34. The Balaban J connectivity index is 1.43. The summed E-state index contributed by atoms with van der Waals surface area (Å²) in [5.74, 6) is 0. The SMILES string of the molecule is O=C1NC[C@]2(CCCN(Cc3csc(-c4ccc(C(F)(F)F)cc4)n3)C2)O1. The molecule has 3 heterocycles. The number of hydrogen-bond acceptors (Lipinski definition) is 5. The van der Waals surface area contributed by atoms with Crippen LogP contribution in [0.5, 0.6) is 0 Å². The minimum absolute atomic E-state index is 0.366. The number of ether oxygens (including phenoxy) is 1. The molecule has 0 radical (unpaired) electrons. The highest BCUT2D eigenvalue weighted by molar-refractivity contribution is 7.13. The van der Waals surface area contributed by atoms with Gasteiger partial charge in [0, 0.05) is 24.0 Å². The van der Waals surface area contributed by atoms with Crippen molar-refractivity contribution in [2.45, 2.75) is 31.2 Å². The van der Waals surface area contributed by atoms with Crippen molar-refractivity contribution in [3.05, 3.63) is 40.9 Å². The Morgan fingerprint density at radius 1 is 1.30 bits per heavy atom. The summed E-state index contributed by atoms with van der Waals surface area (Å²) in [5, 5.41) is 5.34. The van der Waals surface area contributed by atoms with E-state index in [2.05, 4.69) is 15.2 Å². The normalized spacial score (nSPS) is 23.4. The zero-order valence-electron chi connectivity index (χ0n) is 14.4. The van der Waals surface area contributed by atoms with E-state index in [1.165, 1.54) is 23.5 Å². The molecule has 27 heavy (non-hydrogen) atoms. The van der Waals surface area contributed by atoms with Crippen molar-refractivity contribution in [1.29, 1.82) is 0 Å². The number of hydrogen-bond donors (Lipinski definition) is 1. The number of rotatable bonds is 3. The third-order valence-electron chi connectivity index (χ3n) is 4.88. The maximum absolute atomic E-state index is 12.7. The highest BCUT2D eigenvalue weighted by Crippen LogP contribution is 2.33. The number of carbonyl (C=O) groups is 1. The molecule has 1 aromatic carbocycles. The van der Waals surface area contributed by atoms with Gasteiger partial charge in [0.15, 0.2) is 0 Å². The molecule has 1 aromatic heterocycles. The van der Waals surface area contributed by atoms with Crippen LogP contribution in [0.15, 0.2) is 29.6 Å². The average molecular weight is 397 g/mol. The molecule has 1 amide bonds. The van der Waals surface area contributed by atoms with Gasteiger partial charge in [-0.2, -0.15) is 13.2 Å². The predicted molar refractivity (Wildman–Crippen MR) is 94.3 cm³/mol. The third-order valence-corrected chi connectivity index (χ3v) is 5.82. The molecule has 1 atom stereocenters. The summed E-state index contributed by atoms with van der Waals surface area (Å²) in [6.45, 7) is 2.69. The first-order valence-corrected chi connectivity index (χ1v) is 9.52. The first kappa shape index (κ1) is 18.2. The van der Waals surface area contributed by atoms with Crippen LogP contribution in [0.1, 0.15) is 24.1 Å². The molecule has 0 aliphatic carbocycles. The largest absolute Gasteiger partial charge is 0.440 e. The third kappa shape index (κ3) is 3.93. The lowest BCUT2D eigenvalue weighted by atomic mass is 9.93. The average Bonchev–Trinajstić information content (AvgIpc) is 3.22. The molecule has 0 bridgehead atoms. The van der Waals surface area contributed by atoms with Gasteiger partial charge in [0.25, 0.3) is 0 Å². The standard InChI is InChI=1S/C18H18F3N3O2S/c19-18(20,21)13-4-2-12(3-5-13)15-23-14(9-27-15)8-24-7-1-6-17(11-24)10-22-16(25)26-17/h2-5,9H,1,6-8,10-11H2,(H,22,25)/t17-/m0/s1. The molecule has 2 saturated heterocycles. The Morgan fingerprint density at radius 2 is 2.07 bits per heavy atom. The molecule has 0 saturated carbocycles. The molecule has 4 rings (SSSR count). The number of alkyl halides is 3. The monoisotopic (exact) mass is 397 g/mol. The van der Waals surface area contributed by atoms with Gasteiger partial charge in [0.1, 0.15) is 10.6 Å². The number of nitrogens with zero attached hydrogens (tertiary/aromatic N) is 2. The fourth-order valence-electron chi connectivity index (χ4n) is 3.60. The van der Waals surface area contributed by atoms with Crippen molar-refractivity contribution in [2.24, 2.45) is 0 Å². The number of aromatic nitrogens is 1. The summed E-state index contributed by atoms with van der Waals surface area (Å²) in [4.78, 5) is 18.2.